The standard InChI is InChI=1S/C15H24O/c1-10(2)12-7-9-15(4)8-5-6-11(3)13(15)14(12)16/h6,10,12,16H,5,7-9H2,1-4H3. The summed E-state index contributed by atoms with van der Waals surface area (Å²) in [7, 11) is 0. The summed E-state index contributed by atoms with van der Waals surface area (Å²) in [6, 6.07) is 0. The highest BCUT2D eigenvalue weighted by Gasteiger charge is 2.40. The third kappa shape index (κ3) is 1.70. The van der Waals surface area contributed by atoms with Crippen molar-refractivity contribution < 1.29 is 5.11 Å². The number of aliphatic hydroxyl groups excluding tert-OH is 1. The van der Waals surface area contributed by atoms with Crippen molar-refractivity contribution in [1.29, 1.82) is 0 Å². The van der Waals surface area contributed by atoms with Gasteiger partial charge in [-0.3, -0.25) is 0 Å². The Balaban J connectivity index is 2.47. The van der Waals surface area contributed by atoms with Crippen LogP contribution in [0.2, 0.25) is 0 Å². The highest BCUT2D eigenvalue weighted by Crippen LogP contribution is 2.51. The largest absolute Gasteiger partial charge is 0.512 e. The van der Waals surface area contributed by atoms with Gasteiger partial charge in [0.2, 0.25) is 0 Å². The fourth-order valence-corrected chi connectivity index (χ4v) is 3.52. The Morgan fingerprint density at radius 1 is 1.38 bits per heavy atom. The van der Waals surface area contributed by atoms with Crippen LogP contribution >= 0.6 is 0 Å². The molecule has 0 saturated heterocycles. The zero-order chi connectivity index (χ0) is 11.9. The van der Waals surface area contributed by atoms with E-state index in [1.54, 1.807) is 0 Å². The van der Waals surface area contributed by atoms with E-state index in [9.17, 15) is 5.11 Å². The van der Waals surface area contributed by atoms with Crippen molar-refractivity contribution in [3.8, 4) is 0 Å². The molecule has 0 spiro atoms. The fourth-order valence-electron chi connectivity index (χ4n) is 3.52. The van der Waals surface area contributed by atoms with Gasteiger partial charge >= 0.3 is 0 Å². The molecule has 1 nitrogen and oxygen atoms in total. The third-order valence-corrected chi connectivity index (χ3v) is 4.56. The van der Waals surface area contributed by atoms with Crippen molar-refractivity contribution >= 4 is 0 Å². The van der Waals surface area contributed by atoms with Gasteiger partial charge in [0.15, 0.2) is 0 Å². The first-order valence-electron chi connectivity index (χ1n) is 6.56. The van der Waals surface area contributed by atoms with Crippen LogP contribution in [-0.4, -0.2) is 5.11 Å². The first kappa shape index (κ1) is 11.8. The maximum absolute atomic E-state index is 10.5. The van der Waals surface area contributed by atoms with E-state index in [0.717, 1.165) is 6.42 Å². The molecular formula is C15H24O. The number of fused-ring (bicyclic) bond motifs is 1. The fraction of sp³-hybridized carbons (Fsp3) is 0.733. The summed E-state index contributed by atoms with van der Waals surface area (Å²) >= 11 is 0. The second-order valence-electron chi connectivity index (χ2n) is 6.14. The lowest BCUT2D eigenvalue weighted by atomic mass is 9.62. The van der Waals surface area contributed by atoms with Gasteiger partial charge in [-0.2, -0.15) is 0 Å². The Hall–Kier alpha value is -0.720. The smallest absolute Gasteiger partial charge is 0.0995 e. The maximum atomic E-state index is 10.5. The van der Waals surface area contributed by atoms with Crippen molar-refractivity contribution in [2.24, 2.45) is 17.3 Å². The zero-order valence-corrected chi connectivity index (χ0v) is 11.0. The molecular weight excluding hydrogens is 196 g/mol. The van der Waals surface area contributed by atoms with Crippen LogP contribution in [-0.2, 0) is 0 Å². The van der Waals surface area contributed by atoms with Gasteiger partial charge in [-0.05, 0) is 55.1 Å². The third-order valence-electron chi connectivity index (χ3n) is 4.56. The maximum Gasteiger partial charge on any atom is 0.0995 e. The summed E-state index contributed by atoms with van der Waals surface area (Å²) in [5, 5.41) is 10.5. The molecule has 2 aliphatic carbocycles. The van der Waals surface area contributed by atoms with E-state index in [1.807, 2.05) is 0 Å². The predicted octanol–water partition coefficient (Wildman–Crippen LogP) is 4.61. The van der Waals surface area contributed by atoms with Gasteiger partial charge in [-0.15, -0.1) is 0 Å². The van der Waals surface area contributed by atoms with Gasteiger partial charge in [0, 0.05) is 5.92 Å². The Morgan fingerprint density at radius 2 is 2.06 bits per heavy atom. The highest BCUT2D eigenvalue weighted by molar-refractivity contribution is 5.41. The molecule has 2 aliphatic rings. The summed E-state index contributed by atoms with van der Waals surface area (Å²) in [6.07, 6.45) is 7.05. The molecule has 0 aromatic carbocycles. The molecule has 0 bridgehead atoms. The van der Waals surface area contributed by atoms with Crippen LogP contribution in [0.15, 0.2) is 23.0 Å². The SMILES string of the molecule is CC1=CCCC2(C)CCC(C(C)C)C(O)=C12. The minimum Gasteiger partial charge on any atom is -0.512 e. The first-order valence-corrected chi connectivity index (χ1v) is 6.56. The molecule has 0 heterocycles. The van der Waals surface area contributed by atoms with Gasteiger partial charge in [0.25, 0.3) is 0 Å². The summed E-state index contributed by atoms with van der Waals surface area (Å²) in [5.41, 5.74) is 2.83. The number of hydrogen-bond acceptors (Lipinski definition) is 1. The van der Waals surface area contributed by atoms with Crippen LogP contribution in [0, 0.1) is 17.3 Å². The van der Waals surface area contributed by atoms with Gasteiger partial charge in [-0.25, -0.2) is 0 Å². The molecule has 2 rings (SSSR count). The van der Waals surface area contributed by atoms with Crippen molar-refractivity contribution in [3.05, 3.63) is 23.0 Å². The molecule has 0 aromatic heterocycles. The van der Waals surface area contributed by atoms with Crippen LogP contribution in [0.3, 0.4) is 0 Å². The molecule has 1 heteroatoms. The zero-order valence-electron chi connectivity index (χ0n) is 11.0. The van der Waals surface area contributed by atoms with Crippen LogP contribution in [0.1, 0.15) is 53.4 Å². The average molecular weight is 220 g/mol. The van der Waals surface area contributed by atoms with E-state index in [0.29, 0.717) is 17.6 Å². The minimum absolute atomic E-state index is 0.244. The number of aliphatic hydroxyl groups is 1. The lowest BCUT2D eigenvalue weighted by Crippen LogP contribution is -2.32. The van der Waals surface area contributed by atoms with Crippen molar-refractivity contribution in [1.82, 2.24) is 0 Å². The van der Waals surface area contributed by atoms with E-state index in [2.05, 4.69) is 33.8 Å². The summed E-state index contributed by atoms with van der Waals surface area (Å²) in [5.74, 6) is 1.62. The Labute approximate surface area is 99.3 Å². The second kappa shape index (κ2) is 3.94. The van der Waals surface area contributed by atoms with E-state index in [4.69, 9.17) is 0 Å². The van der Waals surface area contributed by atoms with Gasteiger partial charge in [0.05, 0.1) is 5.76 Å². The number of hydrogen-bond donors (Lipinski definition) is 1. The molecule has 16 heavy (non-hydrogen) atoms. The Kier molecular flexibility index (Phi) is 2.90. The molecule has 2 atom stereocenters. The van der Waals surface area contributed by atoms with Gasteiger partial charge in [-0.1, -0.05) is 26.8 Å². The van der Waals surface area contributed by atoms with E-state index in [-0.39, 0.29) is 5.41 Å². The lowest BCUT2D eigenvalue weighted by Gasteiger charge is -2.43. The number of allylic oxidation sites excluding steroid dienone is 4. The topological polar surface area (TPSA) is 20.2 Å². The van der Waals surface area contributed by atoms with Crippen LogP contribution < -0.4 is 0 Å². The lowest BCUT2D eigenvalue weighted by molar-refractivity contribution is 0.179. The van der Waals surface area contributed by atoms with E-state index in [1.165, 1.54) is 30.4 Å². The first-order chi connectivity index (χ1) is 7.46. The van der Waals surface area contributed by atoms with Gasteiger partial charge < -0.3 is 5.11 Å². The Morgan fingerprint density at radius 3 is 2.69 bits per heavy atom. The average Bonchev–Trinajstić information content (AvgIpc) is 2.16. The van der Waals surface area contributed by atoms with Crippen molar-refractivity contribution in [2.75, 3.05) is 0 Å². The monoisotopic (exact) mass is 220 g/mol. The van der Waals surface area contributed by atoms with Crippen molar-refractivity contribution in [2.45, 2.75) is 53.4 Å². The molecule has 0 fully saturated rings. The second-order valence-corrected chi connectivity index (χ2v) is 6.14. The van der Waals surface area contributed by atoms with Crippen molar-refractivity contribution in [3.63, 3.8) is 0 Å². The quantitative estimate of drug-likeness (QED) is 0.684. The molecule has 0 aliphatic heterocycles. The summed E-state index contributed by atoms with van der Waals surface area (Å²) in [6.45, 7) is 8.91. The van der Waals surface area contributed by atoms with E-state index < -0.39 is 0 Å². The number of rotatable bonds is 1. The molecule has 1 N–H and O–H groups in total. The molecule has 0 saturated carbocycles. The molecule has 90 valence electrons. The highest BCUT2D eigenvalue weighted by atomic mass is 16.3. The van der Waals surface area contributed by atoms with Crippen LogP contribution in [0.4, 0.5) is 0 Å². The molecule has 0 amide bonds. The minimum atomic E-state index is 0.244. The molecule has 0 radical (unpaired) electrons. The van der Waals surface area contributed by atoms with Crippen LogP contribution in [0.25, 0.3) is 0 Å². The molecule has 0 aromatic rings. The van der Waals surface area contributed by atoms with Crippen LogP contribution in [0.5, 0.6) is 0 Å². The Bertz CT molecular complexity index is 348. The predicted molar refractivity (Wildman–Crippen MR) is 68.3 cm³/mol. The summed E-state index contributed by atoms with van der Waals surface area (Å²) < 4.78 is 0. The normalized spacial score (nSPS) is 35.1. The molecule has 2 unspecified atom stereocenters. The van der Waals surface area contributed by atoms with Gasteiger partial charge in [0.1, 0.15) is 0 Å². The van der Waals surface area contributed by atoms with E-state index >= 15 is 0 Å². The summed E-state index contributed by atoms with van der Waals surface area (Å²) in [4.78, 5) is 0.